The number of aliphatic hydroxyl groups excluding tert-OH is 1. The van der Waals surface area contributed by atoms with Crippen molar-refractivity contribution in [1.29, 1.82) is 0 Å². The summed E-state index contributed by atoms with van der Waals surface area (Å²) in [5.74, 6) is -1.28. The molecule has 118 valence electrons. The third-order valence-electron chi connectivity index (χ3n) is 3.51. The predicted molar refractivity (Wildman–Crippen MR) is 80.6 cm³/mol. The molecule has 0 saturated carbocycles. The maximum Gasteiger partial charge on any atom is 0.303 e. The zero-order valence-corrected chi connectivity index (χ0v) is 12.4. The number of nitrogens with zero attached hydrogens (tertiary/aromatic N) is 3. The molecular formula is C15H19N3O4. The molecular weight excluding hydrogens is 286 g/mol. The lowest BCUT2D eigenvalue weighted by Gasteiger charge is -2.03. The molecule has 0 atom stereocenters. The van der Waals surface area contributed by atoms with Gasteiger partial charge >= 0.3 is 5.97 Å². The number of carbonyl (C=O) groups is 1. The number of carboxylic acid groups (broad SMARTS) is 1. The molecule has 2 heterocycles. The number of pyridine rings is 1. The van der Waals surface area contributed by atoms with Gasteiger partial charge in [0.25, 0.3) is 0 Å². The first-order valence-electron chi connectivity index (χ1n) is 7.33. The van der Waals surface area contributed by atoms with Gasteiger partial charge in [0, 0.05) is 18.2 Å². The molecule has 7 nitrogen and oxygen atoms in total. The largest absolute Gasteiger partial charge is 0.511 e. The number of fused-ring (bicyclic) bond motifs is 1. The lowest BCUT2D eigenvalue weighted by atomic mass is 10.1. The third-order valence-corrected chi connectivity index (χ3v) is 3.51. The summed E-state index contributed by atoms with van der Waals surface area (Å²) in [6.45, 7) is 2.08. The Morgan fingerprint density at radius 3 is 2.73 bits per heavy atom. The van der Waals surface area contributed by atoms with Crippen LogP contribution in [0.1, 0.15) is 44.6 Å². The summed E-state index contributed by atoms with van der Waals surface area (Å²) in [7, 11) is 0. The zero-order valence-electron chi connectivity index (χ0n) is 12.4. The van der Waals surface area contributed by atoms with Gasteiger partial charge in [-0.2, -0.15) is 5.10 Å². The van der Waals surface area contributed by atoms with Crippen LogP contribution in [0.15, 0.2) is 17.3 Å². The number of unbranched alkanes of at least 4 members (excludes halogenated alkanes) is 2. The van der Waals surface area contributed by atoms with Crippen LogP contribution in [-0.2, 0) is 11.2 Å². The highest BCUT2D eigenvalue weighted by molar-refractivity contribution is 5.68. The van der Waals surface area contributed by atoms with E-state index in [1.807, 2.05) is 0 Å². The average molecular weight is 305 g/mol. The number of aliphatic carboxylic acids is 1. The Morgan fingerprint density at radius 1 is 1.27 bits per heavy atom. The molecule has 22 heavy (non-hydrogen) atoms. The third kappa shape index (κ3) is 3.41. The average Bonchev–Trinajstić information content (AvgIpc) is 2.93. The minimum Gasteiger partial charge on any atom is -0.511 e. The number of rotatable bonds is 7. The van der Waals surface area contributed by atoms with Crippen LogP contribution in [0.4, 0.5) is 0 Å². The van der Waals surface area contributed by atoms with Crippen LogP contribution in [0.3, 0.4) is 0 Å². The van der Waals surface area contributed by atoms with Crippen molar-refractivity contribution in [3.8, 4) is 0 Å². The number of hydrogen-bond donors (Lipinski definition) is 2. The Balaban J connectivity index is 2.53. The number of aliphatic hydroxyl groups is 1. The smallest absolute Gasteiger partial charge is 0.303 e. The fourth-order valence-corrected chi connectivity index (χ4v) is 2.35. The van der Waals surface area contributed by atoms with Crippen molar-refractivity contribution in [3.63, 3.8) is 0 Å². The second-order valence-corrected chi connectivity index (χ2v) is 5.18. The topological polar surface area (TPSA) is 105 Å². The molecule has 2 aromatic rings. The number of aryl methyl sites for hydroxylation is 1. The van der Waals surface area contributed by atoms with Crippen molar-refractivity contribution in [2.75, 3.05) is 0 Å². The molecule has 0 aliphatic rings. The Morgan fingerprint density at radius 2 is 2.05 bits per heavy atom. The SMILES string of the molecule is CCCCCc1cn2ncnc2/c(=C(\O)CCC(=O)O)c1=O. The van der Waals surface area contributed by atoms with Gasteiger partial charge in [-0.3, -0.25) is 9.59 Å². The Kier molecular flexibility index (Phi) is 5.08. The fourth-order valence-electron chi connectivity index (χ4n) is 2.35. The molecule has 0 bridgehead atoms. The molecule has 0 saturated heterocycles. The van der Waals surface area contributed by atoms with Gasteiger partial charge in [-0.1, -0.05) is 19.8 Å². The molecule has 2 N–H and O–H groups in total. The molecule has 0 aliphatic heterocycles. The maximum atomic E-state index is 12.6. The van der Waals surface area contributed by atoms with Crippen molar-refractivity contribution < 1.29 is 15.0 Å². The lowest BCUT2D eigenvalue weighted by molar-refractivity contribution is -0.136. The van der Waals surface area contributed by atoms with Crippen LogP contribution in [0.5, 0.6) is 0 Å². The van der Waals surface area contributed by atoms with Crippen LogP contribution in [-0.4, -0.2) is 30.8 Å². The van der Waals surface area contributed by atoms with E-state index in [0.717, 1.165) is 19.3 Å². The van der Waals surface area contributed by atoms with Gasteiger partial charge in [-0.15, -0.1) is 0 Å². The van der Waals surface area contributed by atoms with Crippen LogP contribution in [0.2, 0.25) is 0 Å². The van der Waals surface area contributed by atoms with Gasteiger partial charge in [0.2, 0.25) is 0 Å². The van der Waals surface area contributed by atoms with Gasteiger partial charge < -0.3 is 10.2 Å². The predicted octanol–water partition coefficient (Wildman–Crippen LogP) is 1.07. The van der Waals surface area contributed by atoms with E-state index >= 15 is 0 Å². The first kappa shape index (κ1) is 15.9. The lowest BCUT2D eigenvalue weighted by Crippen LogP contribution is -2.33. The van der Waals surface area contributed by atoms with Crippen LogP contribution in [0.25, 0.3) is 11.4 Å². The molecule has 0 radical (unpaired) electrons. The van der Waals surface area contributed by atoms with Crippen molar-refractivity contribution in [3.05, 3.63) is 33.5 Å². The van der Waals surface area contributed by atoms with Gasteiger partial charge in [-0.25, -0.2) is 9.50 Å². The highest BCUT2D eigenvalue weighted by Gasteiger charge is 2.12. The zero-order chi connectivity index (χ0) is 16.1. The van der Waals surface area contributed by atoms with Gasteiger partial charge in [-0.05, 0) is 12.8 Å². The molecule has 0 unspecified atom stereocenters. The Labute approximate surface area is 126 Å². The Bertz CT molecular complexity index is 782. The minimum absolute atomic E-state index is 0.0627. The standard InChI is InChI=1S/C15H19N3O4/c1-2-3-4-5-10-8-18-15(16-9-17-18)13(14(10)22)11(19)6-7-12(20)21/h8-9,19H,2-7H2,1H3,(H,20,21)/b13-11-. The summed E-state index contributed by atoms with van der Waals surface area (Å²) in [5.41, 5.74) is 0.523. The van der Waals surface area contributed by atoms with Crippen LogP contribution in [0, 0.1) is 0 Å². The second-order valence-electron chi connectivity index (χ2n) is 5.18. The number of aromatic nitrogens is 3. The fraction of sp³-hybridized carbons (Fsp3) is 0.467. The van der Waals surface area contributed by atoms with Crippen molar-refractivity contribution in [2.45, 2.75) is 45.4 Å². The molecule has 0 fully saturated rings. The molecule has 0 spiro atoms. The Hall–Kier alpha value is -2.44. The van der Waals surface area contributed by atoms with Crippen molar-refractivity contribution in [2.24, 2.45) is 0 Å². The quantitative estimate of drug-likeness (QED) is 0.741. The van der Waals surface area contributed by atoms with E-state index < -0.39 is 5.97 Å². The van der Waals surface area contributed by atoms with Crippen molar-refractivity contribution in [1.82, 2.24) is 14.6 Å². The highest BCUT2D eigenvalue weighted by Crippen LogP contribution is 2.05. The number of carboxylic acids is 1. The second kappa shape index (κ2) is 7.02. The summed E-state index contributed by atoms with van der Waals surface area (Å²) in [5, 5.41) is 22.9. The van der Waals surface area contributed by atoms with E-state index in [-0.39, 0.29) is 34.9 Å². The molecule has 0 amide bonds. The molecule has 0 aromatic carbocycles. The van der Waals surface area contributed by atoms with Gasteiger partial charge in [0.15, 0.2) is 11.1 Å². The van der Waals surface area contributed by atoms with Gasteiger partial charge in [0.1, 0.15) is 17.3 Å². The summed E-state index contributed by atoms with van der Waals surface area (Å²) in [4.78, 5) is 27.2. The molecule has 0 aliphatic carbocycles. The van der Waals surface area contributed by atoms with E-state index in [1.165, 1.54) is 10.8 Å². The van der Waals surface area contributed by atoms with E-state index in [0.29, 0.717) is 12.0 Å². The van der Waals surface area contributed by atoms with Crippen LogP contribution < -0.4 is 10.6 Å². The maximum absolute atomic E-state index is 12.6. The summed E-state index contributed by atoms with van der Waals surface area (Å²) < 4.78 is 1.45. The summed E-state index contributed by atoms with van der Waals surface area (Å²) in [6.07, 6.45) is 6.12. The number of hydrogen-bond acceptors (Lipinski definition) is 5. The molecule has 7 heteroatoms. The monoisotopic (exact) mass is 305 g/mol. The first-order valence-corrected chi connectivity index (χ1v) is 7.33. The van der Waals surface area contributed by atoms with E-state index in [1.54, 1.807) is 6.20 Å². The van der Waals surface area contributed by atoms with E-state index in [9.17, 15) is 14.7 Å². The molecule has 2 aromatic heterocycles. The van der Waals surface area contributed by atoms with Crippen molar-refractivity contribution >= 4 is 17.4 Å². The molecule has 2 rings (SSSR count). The van der Waals surface area contributed by atoms with E-state index in [2.05, 4.69) is 17.0 Å². The highest BCUT2D eigenvalue weighted by atomic mass is 16.4. The minimum atomic E-state index is -1.03. The van der Waals surface area contributed by atoms with Crippen LogP contribution >= 0.6 is 0 Å². The van der Waals surface area contributed by atoms with E-state index in [4.69, 9.17) is 5.11 Å². The normalized spacial score (nSPS) is 12.6. The first-order chi connectivity index (χ1) is 10.5. The van der Waals surface area contributed by atoms with Gasteiger partial charge in [0.05, 0.1) is 6.42 Å². The summed E-state index contributed by atoms with van der Waals surface area (Å²) >= 11 is 0. The summed E-state index contributed by atoms with van der Waals surface area (Å²) in [6, 6.07) is 0.